The number of hydrazine groups is 1. The molecule has 36 heavy (non-hydrogen) atoms. The molecule has 1 aliphatic heterocycles. The summed E-state index contributed by atoms with van der Waals surface area (Å²) in [5.74, 6) is -3.84. The topological polar surface area (TPSA) is 122 Å². The smallest absolute Gasteiger partial charge is 0.338 e. The highest BCUT2D eigenvalue weighted by Crippen LogP contribution is 2.43. The number of carbonyl (C=O) groups is 5. The number of anilines is 1. The van der Waals surface area contributed by atoms with Crippen molar-refractivity contribution in [1.82, 2.24) is 10.9 Å². The van der Waals surface area contributed by atoms with E-state index < -0.39 is 36.2 Å². The van der Waals surface area contributed by atoms with Gasteiger partial charge in [-0.1, -0.05) is 11.6 Å². The van der Waals surface area contributed by atoms with Crippen LogP contribution in [-0.2, 0) is 19.1 Å². The Hall–Kier alpha value is -3.14. The molecule has 4 atom stereocenters. The molecule has 1 saturated heterocycles. The molecule has 9 nitrogen and oxygen atoms in total. The lowest BCUT2D eigenvalue weighted by molar-refractivity contribution is -0.125. The number of benzene rings is 2. The third-order valence-corrected chi connectivity index (χ3v) is 7.37. The van der Waals surface area contributed by atoms with Crippen LogP contribution in [0.15, 0.2) is 48.5 Å². The van der Waals surface area contributed by atoms with Crippen LogP contribution in [0.4, 0.5) is 5.69 Å². The van der Waals surface area contributed by atoms with Gasteiger partial charge in [-0.05, 0) is 61.4 Å². The van der Waals surface area contributed by atoms with Crippen molar-refractivity contribution in [2.24, 2.45) is 11.8 Å². The number of amides is 4. The average molecular weight is 553 g/mol. The maximum absolute atomic E-state index is 12.8. The number of fused-ring (bicyclic) bond motifs is 1. The molecule has 2 fully saturated rings. The highest BCUT2D eigenvalue weighted by atomic mass is 35.5. The average Bonchev–Trinajstić information content (AvgIpc) is 3.10. The zero-order valence-corrected chi connectivity index (χ0v) is 20.8. The maximum atomic E-state index is 12.8. The van der Waals surface area contributed by atoms with Crippen LogP contribution in [-0.4, -0.2) is 47.0 Å². The molecule has 4 amide bonds. The van der Waals surface area contributed by atoms with Gasteiger partial charge in [0.25, 0.3) is 11.8 Å². The van der Waals surface area contributed by atoms with E-state index in [0.29, 0.717) is 23.6 Å². The van der Waals surface area contributed by atoms with Gasteiger partial charge in [0.1, 0.15) is 0 Å². The molecule has 0 unspecified atom stereocenters. The van der Waals surface area contributed by atoms with Gasteiger partial charge in [-0.2, -0.15) is 0 Å². The zero-order valence-electron chi connectivity index (χ0n) is 18.6. The summed E-state index contributed by atoms with van der Waals surface area (Å²) in [6.07, 6.45) is 0.655. The minimum absolute atomic E-state index is 0.106. The van der Waals surface area contributed by atoms with Gasteiger partial charge < -0.3 is 4.74 Å². The Morgan fingerprint density at radius 3 is 1.92 bits per heavy atom. The first-order valence-corrected chi connectivity index (χ1v) is 12.2. The van der Waals surface area contributed by atoms with E-state index in [-0.39, 0.29) is 33.7 Å². The third-order valence-electron chi connectivity index (χ3n) is 6.03. The van der Waals surface area contributed by atoms with E-state index >= 15 is 0 Å². The molecule has 2 aliphatic rings. The number of ether oxygens (including phenoxy) is 1. The van der Waals surface area contributed by atoms with Crippen molar-refractivity contribution in [3.05, 3.63) is 64.7 Å². The molecular formula is C24H20Cl3N3O6. The fourth-order valence-corrected chi connectivity index (χ4v) is 4.86. The minimum Gasteiger partial charge on any atom is -0.452 e. The van der Waals surface area contributed by atoms with Crippen LogP contribution in [0, 0.1) is 11.8 Å². The van der Waals surface area contributed by atoms with Crippen LogP contribution in [0.25, 0.3) is 0 Å². The molecule has 0 bridgehead atoms. The Morgan fingerprint density at radius 1 is 0.833 bits per heavy atom. The summed E-state index contributed by atoms with van der Waals surface area (Å²) in [5, 5.41) is -0.310. The maximum Gasteiger partial charge on any atom is 0.338 e. The van der Waals surface area contributed by atoms with E-state index in [2.05, 4.69) is 10.9 Å². The van der Waals surface area contributed by atoms with Crippen LogP contribution in [0.3, 0.4) is 0 Å². The lowest BCUT2D eigenvalue weighted by atomic mass is 9.80. The van der Waals surface area contributed by atoms with Crippen LogP contribution in [0.1, 0.15) is 33.6 Å². The Labute approximate surface area is 221 Å². The summed E-state index contributed by atoms with van der Waals surface area (Å²) >= 11 is 18.2. The molecule has 0 spiro atoms. The van der Waals surface area contributed by atoms with Crippen LogP contribution in [0.5, 0.6) is 0 Å². The molecule has 1 saturated carbocycles. The molecule has 2 aromatic rings. The molecule has 4 rings (SSSR count). The number of halogens is 3. The second-order valence-corrected chi connectivity index (χ2v) is 9.92. The van der Waals surface area contributed by atoms with Gasteiger partial charge in [0.2, 0.25) is 11.8 Å². The van der Waals surface area contributed by atoms with E-state index in [1.54, 1.807) is 0 Å². The fraction of sp³-hybridized carbons (Fsp3) is 0.292. The normalized spacial score (nSPS) is 23.1. The lowest BCUT2D eigenvalue weighted by Gasteiger charge is -2.28. The second kappa shape index (κ2) is 10.9. The molecule has 2 N–H and O–H groups in total. The predicted octanol–water partition coefficient (Wildman–Crippen LogP) is 3.07. The van der Waals surface area contributed by atoms with Crippen molar-refractivity contribution in [1.29, 1.82) is 0 Å². The van der Waals surface area contributed by atoms with E-state index in [0.717, 1.165) is 4.90 Å². The summed E-state index contributed by atoms with van der Waals surface area (Å²) in [5.41, 5.74) is 5.03. The Bertz CT molecular complexity index is 1180. The van der Waals surface area contributed by atoms with Gasteiger partial charge in [-0.25, -0.2) is 4.79 Å². The van der Waals surface area contributed by atoms with Gasteiger partial charge in [-0.15, -0.1) is 23.2 Å². The van der Waals surface area contributed by atoms with Crippen molar-refractivity contribution in [2.45, 2.75) is 23.6 Å². The predicted molar refractivity (Wildman–Crippen MR) is 132 cm³/mol. The largest absolute Gasteiger partial charge is 0.452 e. The van der Waals surface area contributed by atoms with E-state index in [1.165, 1.54) is 48.5 Å². The van der Waals surface area contributed by atoms with E-state index in [9.17, 15) is 24.0 Å². The molecule has 0 aromatic heterocycles. The van der Waals surface area contributed by atoms with Crippen molar-refractivity contribution in [2.75, 3.05) is 11.5 Å². The van der Waals surface area contributed by atoms with Gasteiger partial charge in [0.05, 0.1) is 33.8 Å². The Balaban J connectivity index is 1.29. The van der Waals surface area contributed by atoms with E-state index in [4.69, 9.17) is 39.5 Å². The van der Waals surface area contributed by atoms with Gasteiger partial charge in [-0.3, -0.25) is 34.9 Å². The number of hydrogen-bond acceptors (Lipinski definition) is 6. The first-order chi connectivity index (χ1) is 17.2. The van der Waals surface area contributed by atoms with Crippen LogP contribution < -0.4 is 15.8 Å². The second-order valence-electron chi connectivity index (χ2n) is 8.36. The molecule has 1 heterocycles. The summed E-state index contributed by atoms with van der Waals surface area (Å²) in [6.45, 7) is -0.646. The molecule has 188 valence electrons. The summed E-state index contributed by atoms with van der Waals surface area (Å²) in [6, 6.07) is 11.7. The summed E-state index contributed by atoms with van der Waals surface area (Å²) in [7, 11) is 0. The van der Waals surface area contributed by atoms with Crippen molar-refractivity contribution in [3.8, 4) is 0 Å². The summed E-state index contributed by atoms with van der Waals surface area (Å²) in [4.78, 5) is 63.0. The molecule has 2 aromatic carbocycles. The van der Waals surface area contributed by atoms with Gasteiger partial charge in [0, 0.05) is 10.6 Å². The molecule has 12 heteroatoms. The number of alkyl halides is 2. The Morgan fingerprint density at radius 2 is 1.36 bits per heavy atom. The number of hydrogen-bond donors (Lipinski definition) is 2. The van der Waals surface area contributed by atoms with E-state index in [1.807, 2.05) is 0 Å². The van der Waals surface area contributed by atoms with Crippen molar-refractivity contribution < 1.29 is 28.7 Å². The standard InChI is InChI=1S/C24H20Cl3N3O6/c25-14-5-1-12(2-6-14)21(32)29-28-20(31)11-36-24(35)13-3-7-15(8-4-13)30-22(33)16-9-18(26)19(27)10-17(16)23(30)34/h1-8,16-19H,9-11H2,(H,28,31)(H,29,32)/t16-,17-,18+,19+/m1/s1. The van der Waals surface area contributed by atoms with Gasteiger partial charge in [0.15, 0.2) is 6.61 Å². The highest BCUT2D eigenvalue weighted by molar-refractivity contribution is 6.31. The highest BCUT2D eigenvalue weighted by Gasteiger charge is 2.52. The number of imide groups is 1. The molecule has 1 aliphatic carbocycles. The fourth-order valence-electron chi connectivity index (χ4n) is 4.15. The van der Waals surface area contributed by atoms with Crippen molar-refractivity contribution in [3.63, 3.8) is 0 Å². The number of nitrogens with one attached hydrogen (secondary N) is 2. The van der Waals surface area contributed by atoms with Crippen LogP contribution >= 0.6 is 34.8 Å². The monoisotopic (exact) mass is 551 g/mol. The quantitative estimate of drug-likeness (QED) is 0.254. The number of rotatable bonds is 5. The van der Waals surface area contributed by atoms with Crippen LogP contribution in [0.2, 0.25) is 5.02 Å². The minimum atomic E-state index is -0.802. The molecular weight excluding hydrogens is 533 g/mol. The van der Waals surface area contributed by atoms with Gasteiger partial charge >= 0.3 is 5.97 Å². The first kappa shape index (κ1) is 25.9. The number of nitrogens with zero attached hydrogens (tertiary/aromatic N) is 1. The SMILES string of the molecule is O=C(COC(=O)c1ccc(N2C(=O)[C@@H]3C[C@H](Cl)[C@@H](Cl)C[C@H]3C2=O)cc1)NNC(=O)c1ccc(Cl)cc1. The number of esters is 1. The first-order valence-electron chi connectivity index (χ1n) is 10.9. The van der Waals surface area contributed by atoms with Crippen molar-refractivity contribution >= 4 is 70.1 Å². The lowest BCUT2D eigenvalue weighted by Crippen LogP contribution is -2.43. The molecule has 0 radical (unpaired) electrons. The third kappa shape index (κ3) is 5.48. The summed E-state index contributed by atoms with van der Waals surface area (Å²) < 4.78 is 4.96. The Kier molecular flexibility index (Phi) is 7.82. The zero-order chi connectivity index (χ0) is 26.0. The number of carbonyl (C=O) groups excluding carboxylic acids is 5.